The summed E-state index contributed by atoms with van der Waals surface area (Å²) in [5, 5.41) is 6.49. The summed E-state index contributed by atoms with van der Waals surface area (Å²) in [6.45, 7) is 6.57. The molecular weight excluding hydrogens is 344 g/mol. The van der Waals surface area contributed by atoms with E-state index in [4.69, 9.17) is 0 Å². The third-order valence-corrected chi connectivity index (χ3v) is 5.15. The lowest BCUT2D eigenvalue weighted by molar-refractivity contribution is 0.618. The summed E-state index contributed by atoms with van der Waals surface area (Å²) in [5.74, 6) is 0.577. The number of hydrazone groups is 1. The molecule has 8 nitrogen and oxygen atoms in total. The smallest absolute Gasteiger partial charge is 0.294 e. The molecule has 0 amide bonds. The highest BCUT2D eigenvalue weighted by Gasteiger charge is 2.30. The van der Waals surface area contributed by atoms with Gasteiger partial charge in [0.15, 0.2) is 11.2 Å². The monoisotopic (exact) mass is 366 g/mol. The number of anilines is 1. The number of aromatic nitrogens is 4. The molecule has 2 aromatic heterocycles. The van der Waals surface area contributed by atoms with Gasteiger partial charge in [-0.15, -0.1) is 0 Å². The molecule has 4 rings (SSSR count). The number of benzene rings is 1. The Balaban J connectivity index is 1.99. The summed E-state index contributed by atoms with van der Waals surface area (Å²) in [5.41, 5.74) is 2.13. The molecule has 1 unspecified atom stereocenters. The van der Waals surface area contributed by atoms with Crippen LogP contribution in [-0.4, -0.2) is 24.4 Å². The van der Waals surface area contributed by atoms with Crippen LogP contribution in [0.4, 0.5) is 5.95 Å². The number of imidazole rings is 1. The van der Waals surface area contributed by atoms with Crippen molar-refractivity contribution in [2.24, 2.45) is 12.1 Å². The van der Waals surface area contributed by atoms with Gasteiger partial charge in [-0.25, -0.2) is 9.80 Å². The van der Waals surface area contributed by atoms with Crippen LogP contribution in [0.1, 0.15) is 32.4 Å². The molecule has 0 radical (unpaired) electrons. The Morgan fingerprint density at radius 3 is 2.52 bits per heavy atom. The van der Waals surface area contributed by atoms with Gasteiger partial charge in [0.1, 0.15) is 0 Å². The van der Waals surface area contributed by atoms with E-state index in [1.807, 2.05) is 48.7 Å². The van der Waals surface area contributed by atoms with Crippen LogP contribution in [0, 0.1) is 0 Å². The van der Waals surface area contributed by atoms with Crippen molar-refractivity contribution in [1.82, 2.24) is 18.7 Å². The van der Waals surface area contributed by atoms with E-state index in [1.54, 1.807) is 19.0 Å². The minimum atomic E-state index is -0.356. The number of hydrogen-bond acceptors (Lipinski definition) is 5. The first-order valence-electron chi connectivity index (χ1n) is 9.02. The lowest BCUT2D eigenvalue weighted by atomic mass is 10.2. The van der Waals surface area contributed by atoms with Crippen molar-refractivity contribution >= 4 is 22.8 Å². The Morgan fingerprint density at radius 1 is 1.15 bits per heavy atom. The first-order chi connectivity index (χ1) is 12.9. The van der Waals surface area contributed by atoms with Crippen LogP contribution in [0.2, 0.25) is 0 Å². The first-order valence-corrected chi connectivity index (χ1v) is 9.02. The molecule has 0 fully saturated rings. The van der Waals surface area contributed by atoms with Crippen molar-refractivity contribution in [2.45, 2.75) is 39.9 Å². The number of fused-ring (bicyclic) bond motifs is 3. The number of nitrogens with zero attached hydrogens (tertiary/aromatic N) is 6. The topological polar surface area (TPSA) is 77.4 Å². The van der Waals surface area contributed by atoms with Gasteiger partial charge in [-0.05, 0) is 26.3 Å². The molecule has 0 bridgehead atoms. The van der Waals surface area contributed by atoms with Crippen molar-refractivity contribution in [2.75, 3.05) is 5.01 Å². The maximum atomic E-state index is 13.0. The number of aryl methyl sites for hydroxylation is 1. The van der Waals surface area contributed by atoms with Crippen LogP contribution in [-0.2, 0) is 20.1 Å². The van der Waals surface area contributed by atoms with E-state index in [-0.39, 0.29) is 17.3 Å². The molecule has 0 saturated heterocycles. The average molecular weight is 366 g/mol. The van der Waals surface area contributed by atoms with E-state index in [9.17, 15) is 9.59 Å². The lowest BCUT2D eigenvalue weighted by Crippen LogP contribution is -2.40. The number of hydrogen-bond donors (Lipinski definition) is 0. The van der Waals surface area contributed by atoms with Gasteiger partial charge in [-0.3, -0.25) is 18.5 Å². The van der Waals surface area contributed by atoms with Crippen molar-refractivity contribution < 1.29 is 0 Å². The minimum Gasteiger partial charge on any atom is -0.294 e. The second kappa shape index (κ2) is 6.22. The van der Waals surface area contributed by atoms with Crippen LogP contribution in [0.5, 0.6) is 0 Å². The second-order valence-corrected chi connectivity index (χ2v) is 6.81. The van der Waals surface area contributed by atoms with Gasteiger partial charge in [0.2, 0.25) is 5.95 Å². The van der Waals surface area contributed by atoms with Crippen molar-refractivity contribution in [3.05, 3.63) is 56.7 Å². The molecule has 1 aromatic carbocycles. The molecular formula is C19H22N6O2. The normalized spacial score (nSPS) is 16.5. The van der Waals surface area contributed by atoms with E-state index in [2.05, 4.69) is 10.1 Å². The first kappa shape index (κ1) is 17.3. The van der Waals surface area contributed by atoms with Crippen LogP contribution in [0.15, 0.2) is 45.0 Å². The standard InChI is InChI=1S/C19H22N6O2/c1-5-23-17(26)15-16(22(4)19(23)27)20-18-24(11-14-9-7-6-8-10-14)21-12(2)13(3)25(15)18/h6-10,13H,5,11H2,1-4H3. The summed E-state index contributed by atoms with van der Waals surface area (Å²) in [6.07, 6.45) is 0. The second-order valence-electron chi connectivity index (χ2n) is 6.81. The van der Waals surface area contributed by atoms with Gasteiger partial charge in [0, 0.05) is 13.6 Å². The molecule has 1 atom stereocenters. The maximum Gasteiger partial charge on any atom is 0.332 e. The van der Waals surface area contributed by atoms with Gasteiger partial charge < -0.3 is 0 Å². The fourth-order valence-electron chi connectivity index (χ4n) is 3.52. The van der Waals surface area contributed by atoms with Crippen LogP contribution in [0.25, 0.3) is 11.2 Å². The predicted molar refractivity (Wildman–Crippen MR) is 105 cm³/mol. The van der Waals surface area contributed by atoms with Crippen LogP contribution in [0.3, 0.4) is 0 Å². The fourth-order valence-corrected chi connectivity index (χ4v) is 3.52. The molecule has 8 heteroatoms. The predicted octanol–water partition coefficient (Wildman–Crippen LogP) is 1.87. The van der Waals surface area contributed by atoms with Gasteiger partial charge >= 0.3 is 5.69 Å². The van der Waals surface area contributed by atoms with Gasteiger partial charge in [-0.1, -0.05) is 30.3 Å². The van der Waals surface area contributed by atoms with E-state index in [0.29, 0.717) is 30.2 Å². The highest BCUT2D eigenvalue weighted by atomic mass is 16.2. The van der Waals surface area contributed by atoms with Gasteiger partial charge in [-0.2, -0.15) is 10.1 Å². The molecule has 0 aliphatic carbocycles. The van der Waals surface area contributed by atoms with E-state index in [1.165, 1.54) is 9.13 Å². The average Bonchev–Trinajstić information content (AvgIpc) is 3.07. The van der Waals surface area contributed by atoms with Crippen molar-refractivity contribution in [3.8, 4) is 0 Å². The zero-order valence-electron chi connectivity index (χ0n) is 15.9. The molecule has 0 spiro atoms. The molecule has 0 N–H and O–H groups in total. The zero-order chi connectivity index (χ0) is 19.3. The maximum absolute atomic E-state index is 13.0. The summed E-state index contributed by atoms with van der Waals surface area (Å²) in [4.78, 5) is 30.2. The molecule has 27 heavy (non-hydrogen) atoms. The highest BCUT2D eigenvalue weighted by Crippen LogP contribution is 2.30. The zero-order valence-corrected chi connectivity index (χ0v) is 15.9. The van der Waals surface area contributed by atoms with Crippen molar-refractivity contribution in [1.29, 1.82) is 0 Å². The van der Waals surface area contributed by atoms with E-state index in [0.717, 1.165) is 11.3 Å². The van der Waals surface area contributed by atoms with Crippen LogP contribution >= 0.6 is 0 Å². The Bertz CT molecular complexity index is 1170. The Morgan fingerprint density at radius 2 is 1.85 bits per heavy atom. The third kappa shape index (κ3) is 2.51. The van der Waals surface area contributed by atoms with Gasteiger partial charge in [0.05, 0.1) is 18.3 Å². The Labute approximate surface area is 156 Å². The van der Waals surface area contributed by atoms with Crippen molar-refractivity contribution in [3.63, 3.8) is 0 Å². The SMILES string of the molecule is CCn1c(=O)c2c(nc3n2C(C)C(C)=NN3Cc2ccccc2)n(C)c1=O. The lowest BCUT2D eigenvalue weighted by Gasteiger charge is -2.29. The molecule has 0 saturated carbocycles. The fraction of sp³-hybridized carbons (Fsp3) is 0.368. The third-order valence-electron chi connectivity index (χ3n) is 5.15. The quantitative estimate of drug-likeness (QED) is 0.709. The molecule has 3 heterocycles. The molecule has 1 aliphatic rings. The molecule has 3 aromatic rings. The van der Waals surface area contributed by atoms with Gasteiger partial charge in [0.25, 0.3) is 5.56 Å². The summed E-state index contributed by atoms with van der Waals surface area (Å²) < 4.78 is 4.58. The molecule has 1 aliphatic heterocycles. The Kier molecular flexibility index (Phi) is 3.98. The highest BCUT2D eigenvalue weighted by molar-refractivity contribution is 5.91. The molecule has 140 valence electrons. The number of rotatable bonds is 3. The summed E-state index contributed by atoms with van der Waals surface area (Å²) in [7, 11) is 1.65. The largest absolute Gasteiger partial charge is 0.332 e. The van der Waals surface area contributed by atoms with E-state index < -0.39 is 0 Å². The van der Waals surface area contributed by atoms with Crippen LogP contribution < -0.4 is 16.3 Å². The minimum absolute atomic E-state index is 0.118. The Hall–Kier alpha value is -3.16. The summed E-state index contributed by atoms with van der Waals surface area (Å²) in [6, 6.07) is 9.85. The van der Waals surface area contributed by atoms with E-state index >= 15 is 0 Å². The summed E-state index contributed by atoms with van der Waals surface area (Å²) >= 11 is 0.